The van der Waals surface area contributed by atoms with Gasteiger partial charge in [0.25, 0.3) is 5.91 Å². The molecular formula is C18H19ClN2O5S. The van der Waals surface area contributed by atoms with Gasteiger partial charge >= 0.3 is 0 Å². The number of hydrogen-bond acceptors (Lipinski definition) is 5. The molecule has 3 rings (SSSR count). The van der Waals surface area contributed by atoms with Crippen LogP contribution in [0.4, 0.5) is 5.69 Å². The fraction of sp³-hybridized carbons (Fsp3) is 0.278. The van der Waals surface area contributed by atoms with E-state index in [1.807, 2.05) is 0 Å². The molecule has 0 radical (unpaired) electrons. The molecule has 1 N–H and O–H groups in total. The minimum atomic E-state index is -3.53. The van der Waals surface area contributed by atoms with Gasteiger partial charge in [0.05, 0.1) is 24.1 Å². The first-order valence-corrected chi connectivity index (χ1v) is 9.98. The normalized spacial score (nSPS) is 13.4. The minimum absolute atomic E-state index is 0.173. The Bertz CT molecular complexity index is 1010. The van der Waals surface area contributed by atoms with Crippen molar-refractivity contribution in [3.63, 3.8) is 0 Å². The molecule has 2 aromatic rings. The molecule has 2 aromatic carbocycles. The summed E-state index contributed by atoms with van der Waals surface area (Å²) in [6.07, 6.45) is 0.565. The SMILES string of the molecule is CNS(=O)(=O)c1ccc2c(c1)CCN2C(=O)c1cc(Cl)c(OC)c(OC)c1. The summed E-state index contributed by atoms with van der Waals surface area (Å²) in [6, 6.07) is 7.83. The molecule has 0 bridgehead atoms. The van der Waals surface area contributed by atoms with Crippen molar-refractivity contribution in [2.24, 2.45) is 0 Å². The van der Waals surface area contributed by atoms with E-state index in [1.54, 1.807) is 23.1 Å². The van der Waals surface area contributed by atoms with Gasteiger partial charge in [-0.1, -0.05) is 11.6 Å². The van der Waals surface area contributed by atoms with Crippen molar-refractivity contribution in [1.29, 1.82) is 0 Å². The van der Waals surface area contributed by atoms with E-state index in [1.165, 1.54) is 33.4 Å². The number of nitrogens with zero attached hydrogens (tertiary/aromatic N) is 1. The summed E-state index contributed by atoms with van der Waals surface area (Å²) in [4.78, 5) is 14.8. The fourth-order valence-corrected chi connectivity index (χ4v) is 4.14. The maximum absolute atomic E-state index is 13.0. The van der Waals surface area contributed by atoms with Gasteiger partial charge in [0, 0.05) is 17.8 Å². The van der Waals surface area contributed by atoms with Crippen molar-refractivity contribution in [3.8, 4) is 11.5 Å². The molecule has 0 aromatic heterocycles. The van der Waals surface area contributed by atoms with E-state index in [2.05, 4.69) is 4.72 Å². The van der Waals surface area contributed by atoms with E-state index in [0.717, 1.165) is 5.56 Å². The third-order valence-corrected chi connectivity index (χ3v) is 6.14. The molecule has 7 nitrogen and oxygen atoms in total. The molecule has 0 spiro atoms. The van der Waals surface area contributed by atoms with Crippen LogP contribution in [0.3, 0.4) is 0 Å². The number of hydrogen-bond donors (Lipinski definition) is 1. The zero-order valence-electron chi connectivity index (χ0n) is 15.1. The van der Waals surface area contributed by atoms with Gasteiger partial charge in [-0.25, -0.2) is 13.1 Å². The van der Waals surface area contributed by atoms with Crippen LogP contribution in [0.1, 0.15) is 15.9 Å². The van der Waals surface area contributed by atoms with E-state index < -0.39 is 10.0 Å². The maximum atomic E-state index is 13.0. The Hall–Kier alpha value is -2.29. The molecule has 0 fully saturated rings. The topological polar surface area (TPSA) is 84.9 Å². The van der Waals surface area contributed by atoms with E-state index in [-0.39, 0.29) is 15.8 Å². The highest BCUT2D eigenvalue weighted by molar-refractivity contribution is 7.89. The van der Waals surface area contributed by atoms with Crippen molar-refractivity contribution in [2.45, 2.75) is 11.3 Å². The molecular weight excluding hydrogens is 392 g/mol. The lowest BCUT2D eigenvalue weighted by molar-refractivity contribution is 0.0989. The monoisotopic (exact) mass is 410 g/mol. The van der Waals surface area contributed by atoms with Crippen molar-refractivity contribution < 1.29 is 22.7 Å². The van der Waals surface area contributed by atoms with Gasteiger partial charge < -0.3 is 14.4 Å². The number of carbonyl (C=O) groups excluding carboxylic acids is 1. The quantitative estimate of drug-likeness (QED) is 0.818. The van der Waals surface area contributed by atoms with Crippen LogP contribution in [0.5, 0.6) is 11.5 Å². The second-order valence-corrected chi connectivity index (χ2v) is 8.19. The molecule has 0 saturated carbocycles. The summed E-state index contributed by atoms with van der Waals surface area (Å²) in [5.74, 6) is 0.475. The first-order valence-electron chi connectivity index (χ1n) is 8.12. The number of amides is 1. The number of sulfonamides is 1. The largest absolute Gasteiger partial charge is 0.493 e. The number of halogens is 1. The first-order chi connectivity index (χ1) is 12.8. The zero-order chi connectivity index (χ0) is 19.8. The highest BCUT2D eigenvalue weighted by Crippen LogP contribution is 2.38. The van der Waals surface area contributed by atoms with Gasteiger partial charge in [-0.15, -0.1) is 0 Å². The fourth-order valence-electron chi connectivity index (χ4n) is 3.07. The van der Waals surface area contributed by atoms with Gasteiger partial charge in [0.1, 0.15) is 0 Å². The standard InChI is InChI=1S/C18H19ClN2O5S/c1-20-27(23,24)13-4-5-15-11(8-13)6-7-21(15)18(22)12-9-14(19)17(26-3)16(10-12)25-2/h4-5,8-10,20H,6-7H2,1-3H3. The van der Waals surface area contributed by atoms with Gasteiger partial charge in [-0.05, 0) is 49.4 Å². The van der Waals surface area contributed by atoms with Crippen LogP contribution in [-0.2, 0) is 16.4 Å². The summed E-state index contributed by atoms with van der Waals surface area (Å²) >= 11 is 6.20. The lowest BCUT2D eigenvalue weighted by atomic mass is 10.1. The van der Waals surface area contributed by atoms with Crippen LogP contribution in [0, 0.1) is 0 Å². The molecule has 0 atom stereocenters. The molecule has 27 heavy (non-hydrogen) atoms. The molecule has 1 amide bonds. The number of anilines is 1. The Morgan fingerprint density at radius 2 is 1.93 bits per heavy atom. The number of methoxy groups -OCH3 is 2. The zero-order valence-corrected chi connectivity index (χ0v) is 16.6. The molecule has 1 heterocycles. The van der Waals surface area contributed by atoms with Crippen LogP contribution in [0.25, 0.3) is 0 Å². The Balaban J connectivity index is 1.97. The molecule has 1 aliphatic heterocycles. The van der Waals surface area contributed by atoms with Crippen LogP contribution >= 0.6 is 11.6 Å². The van der Waals surface area contributed by atoms with Crippen molar-refractivity contribution in [3.05, 3.63) is 46.5 Å². The summed E-state index contributed by atoms with van der Waals surface area (Å²) in [5.41, 5.74) is 1.84. The molecule has 0 unspecified atom stereocenters. The molecule has 144 valence electrons. The van der Waals surface area contributed by atoms with Gasteiger partial charge in [0.2, 0.25) is 10.0 Å². The second-order valence-electron chi connectivity index (χ2n) is 5.90. The molecule has 0 aliphatic carbocycles. The number of nitrogens with one attached hydrogen (secondary N) is 1. The number of rotatable bonds is 5. The smallest absolute Gasteiger partial charge is 0.258 e. The predicted molar refractivity (Wildman–Crippen MR) is 103 cm³/mol. The summed E-state index contributed by atoms with van der Waals surface area (Å²) in [6.45, 7) is 0.448. The lowest BCUT2D eigenvalue weighted by Gasteiger charge is -2.19. The highest BCUT2D eigenvalue weighted by Gasteiger charge is 2.28. The second kappa shape index (κ2) is 7.38. The predicted octanol–water partition coefficient (Wildman–Crippen LogP) is 2.47. The number of fused-ring (bicyclic) bond motifs is 1. The lowest BCUT2D eigenvalue weighted by Crippen LogP contribution is -2.29. The Morgan fingerprint density at radius 1 is 1.19 bits per heavy atom. The maximum Gasteiger partial charge on any atom is 0.258 e. The van der Waals surface area contributed by atoms with E-state index in [0.29, 0.717) is 35.7 Å². The minimum Gasteiger partial charge on any atom is -0.493 e. The summed E-state index contributed by atoms with van der Waals surface area (Å²) < 4.78 is 36.7. The third kappa shape index (κ3) is 3.47. The van der Waals surface area contributed by atoms with Crippen LogP contribution in [0.15, 0.2) is 35.2 Å². The number of carbonyl (C=O) groups is 1. The van der Waals surface area contributed by atoms with Crippen LogP contribution < -0.4 is 19.1 Å². The van der Waals surface area contributed by atoms with Crippen molar-refractivity contribution in [2.75, 3.05) is 32.7 Å². The number of benzene rings is 2. The van der Waals surface area contributed by atoms with E-state index in [9.17, 15) is 13.2 Å². The van der Waals surface area contributed by atoms with Gasteiger partial charge in [-0.2, -0.15) is 0 Å². The molecule has 1 aliphatic rings. The summed E-state index contributed by atoms with van der Waals surface area (Å²) in [7, 11) is 0.768. The van der Waals surface area contributed by atoms with Crippen molar-refractivity contribution >= 4 is 33.2 Å². The average Bonchev–Trinajstić information content (AvgIpc) is 3.09. The Morgan fingerprint density at radius 3 is 2.56 bits per heavy atom. The Labute approximate surface area is 162 Å². The third-order valence-electron chi connectivity index (χ3n) is 4.45. The van der Waals surface area contributed by atoms with Crippen LogP contribution in [-0.4, -0.2) is 42.1 Å². The molecule has 9 heteroatoms. The van der Waals surface area contributed by atoms with Crippen molar-refractivity contribution in [1.82, 2.24) is 4.72 Å². The summed E-state index contributed by atoms with van der Waals surface area (Å²) in [5, 5.41) is 0.273. The Kier molecular flexibility index (Phi) is 5.32. The first kappa shape index (κ1) is 19.5. The van der Waals surface area contributed by atoms with E-state index in [4.69, 9.17) is 21.1 Å². The van der Waals surface area contributed by atoms with Gasteiger partial charge in [-0.3, -0.25) is 4.79 Å². The average molecular weight is 411 g/mol. The molecule has 0 saturated heterocycles. The van der Waals surface area contributed by atoms with Gasteiger partial charge in [0.15, 0.2) is 11.5 Å². The van der Waals surface area contributed by atoms with E-state index >= 15 is 0 Å². The number of ether oxygens (including phenoxy) is 2. The highest BCUT2D eigenvalue weighted by atomic mass is 35.5. The van der Waals surface area contributed by atoms with Crippen LogP contribution in [0.2, 0.25) is 5.02 Å².